The largest absolute Gasteiger partial charge is 0.396 e. The molecule has 90 valence electrons. The lowest BCUT2D eigenvalue weighted by molar-refractivity contribution is 0.283. The summed E-state index contributed by atoms with van der Waals surface area (Å²) in [5, 5.41) is 11.8. The Morgan fingerprint density at radius 2 is 2.06 bits per heavy atom. The van der Waals surface area contributed by atoms with E-state index in [-0.39, 0.29) is 12.4 Å². The minimum Gasteiger partial charge on any atom is -0.396 e. The fourth-order valence-electron chi connectivity index (χ4n) is 1.59. The Kier molecular flexibility index (Phi) is 5.86. The molecule has 0 amide bonds. The van der Waals surface area contributed by atoms with E-state index in [9.17, 15) is 4.39 Å². The fraction of sp³-hybridized carbons (Fsp3) is 0.538. The van der Waals surface area contributed by atoms with Crippen LogP contribution in [-0.2, 0) is 6.42 Å². The SMILES string of the molecule is CCc1ccc(NCCCCCO)cc1F. The molecule has 0 spiro atoms. The first-order chi connectivity index (χ1) is 7.77. The predicted molar refractivity (Wildman–Crippen MR) is 65.2 cm³/mol. The van der Waals surface area contributed by atoms with Crippen LogP contribution in [0.15, 0.2) is 18.2 Å². The molecule has 0 radical (unpaired) electrons. The Morgan fingerprint density at radius 3 is 2.69 bits per heavy atom. The molecule has 1 aromatic rings. The zero-order valence-electron chi connectivity index (χ0n) is 9.80. The van der Waals surface area contributed by atoms with Crippen LogP contribution < -0.4 is 5.32 Å². The van der Waals surface area contributed by atoms with Crippen molar-refractivity contribution in [3.05, 3.63) is 29.6 Å². The number of aryl methyl sites for hydroxylation is 1. The van der Waals surface area contributed by atoms with E-state index in [1.807, 2.05) is 19.1 Å². The summed E-state index contributed by atoms with van der Waals surface area (Å²) < 4.78 is 13.4. The molecule has 0 bridgehead atoms. The molecule has 0 fully saturated rings. The molecule has 0 saturated carbocycles. The van der Waals surface area contributed by atoms with E-state index in [4.69, 9.17) is 5.11 Å². The van der Waals surface area contributed by atoms with Crippen molar-refractivity contribution in [3.8, 4) is 0 Å². The zero-order chi connectivity index (χ0) is 11.8. The predicted octanol–water partition coefficient (Wildman–Crippen LogP) is 2.96. The molecule has 0 aromatic heterocycles. The van der Waals surface area contributed by atoms with Gasteiger partial charge < -0.3 is 10.4 Å². The molecule has 16 heavy (non-hydrogen) atoms. The molecule has 0 heterocycles. The van der Waals surface area contributed by atoms with Gasteiger partial charge in [0.1, 0.15) is 5.82 Å². The van der Waals surface area contributed by atoms with Crippen molar-refractivity contribution in [3.63, 3.8) is 0 Å². The molecule has 0 saturated heterocycles. The lowest BCUT2D eigenvalue weighted by Gasteiger charge is -2.07. The van der Waals surface area contributed by atoms with Crippen LogP contribution in [0, 0.1) is 5.82 Å². The molecule has 0 aliphatic heterocycles. The lowest BCUT2D eigenvalue weighted by Crippen LogP contribution is -2.02. The number of anilines is 1. The summed E-state index contributed by atoms with van der Waals surface area (Å²) in [6.45, 7) is 3.02. The van der Waals surface area contributed by atoms with Crippen molar-refractivity contribution < 1.29 is 9.50 Å². The number of nitrogens with one attached hydrogen (secondary N) is 1. The zero-order valence-corrected chi connectivity index (χ0v) is 9.80. The van der Waals surface area contributed by atoms with E-state index in [2.05, 4.69) is 5.32 Å². The molecule has 0 atom stereocenters. The van der Waals surface area contributed by atoms with E-state index in [0.29, 0.717) is 0 Å². The fourth-order valence-corrected chi connectivity index (χ4v) is 1.59. The summed E-state index contributed by atoms with van der Waals surface area (Å²) in [5.41, 5.74) is 1.59. The first-order valence-corrected chi connectivity index (χ1v) is 5.91. The number of aliphatic hydroxyl groups is 1. The second kappa shape index (κ2) is 7.23. The monoisotopic (exact) mass is 225 g/mol. The van der Waals surface area contributed by atoms with Gasteiger partial charge in [0.05, 0.1) is 0 Å². The third-order valence-corrected chi connectivity index (χ3v) is 2.60. The Morgan fingerprint density at radius 1 is 1.25 bits per heavy atom. The minimum atomic E-state index is -0.136. The van der Waals surface area contributed by atoms with Gasteiger partial charge in [0.25, 0.3) is 0 Å². The summed E-state index contributed by atoms with van der Waals surface area (Å²) in [4.78, 5) is 0. The number of hydrogen-bond acceptors (Lipinski definition) is 2. The van der Waals surface area contributed by atoms with Gasteiger partial charge in [-0.1, -0.05) is 13.0 Å². The average Bonchev–Trinajstić information content (AvgIpc) is 2.29. The number of rotatable bonds is 7. The summed E-state index contributed by atoms with van der Waals surface area (Å²) in [7, 11) is 0. The van der Waals surface area contributed by atoms with Crippen molar-refractivity contribution in [2.75, 3.05) is 18.5 Å². The highest BCUT2D eigenvalue weighted by Crippen LogP contribution is 2.15. The van der Waals surface area contributed by atoms with Gasteiger partial charge >= 0.3 is 0 Å². The normalized spacial score (nSPS) is 10.4. The highest BCUT2D eigenvalue weighted by molar-refractivity contribution is 5.45. The Bertz CT molecular complexity index is 315. The number of benzene rings is 1. The van der Waals surface area contributed by atoms with Crippen LogP contribution in [0.25, 0.3) is 0 Å². The van der Waals surface area contributed by atoms with E-state index in [1.54, 1.807) is 6.07 Å². The van der Waals surface area contributed by atoms with Gasteiger partial charge in [-0.15, -0.1) is 0 Å². The number of halogens is 1. The van der Waals surface area contributed by atoms with E-state index in [1.165, 1.54) is 0 Å². The van der Waals surface area contributed by atoms with Gasteiger partial charge in [0.2, 0.25) is 0 Å². The van der Waals surface area contributed by atoms with Crippen LogP contribution in [0.3, 0.4) is 0 Å². The Hall–Kier alpha value is -1.09. The third-order valence-electron chi connectivity index (χ3n) is 2.60. The molecule has 2 nitrogen and oxygen atoms in total. The Labute approximate surface area is 96.5 Å². The van der Waals surface area contributed by atoms with Crippen LogP contribution in [-0.4, -0.2) is 18.3 Å². The van der Waals surface area contributed by atoms with Gasteiger partial charge in [0, 0.05) is 18.8 Å². The molecule has 1 aromatic carbocycles. The first-order valence-electron chi connectivity index (χ1n) is 5.91. The highest BCUT2D eigenvalue weighted by Gasteiger charge is 2.00. The maximum absolute atomic E-state index is 13.4. The van der Waals surface area contributed by atoms with Crippen molar-refractivity contribution in [2.24, 2.45) is 0 Å². The van der Waals surface area contributed by atoms with Crippen molar-refractivity contribution >= 4 is 5.69 Å². The van der Waals surface area contributed by atoms with Gasteiger partial charge in [-0.25, -0.2) is 4.39 Å². The summed E-state index contributed by atoms with van der Waals surface area (Å²) in [6.07, 6.45) is 3.56. The van der Waals surface area contributed by atoms with Gasteiger partial charge in [-0.05, 0) is 43.4 Å². The summed E-state index contributed by atoms with van der Waals surface area (Å²) >= 11 is 0. The van der Waals surface area contributed by atoms with E-state index in [0.717, 1.165) is 43.5 Å². The van der Waals surface area contributed by atoms with E-state index >= 15 is 0 Å². The van der Waals surface area contributed by atoms with Crippen LogP contribution in [0.1, 0.15) is 31.7 Å². The van der Waals surface area contributed by atoms with Crippen LogP contribution in [0.5, 0.6) is 0 Å². The molecular weight excluding hydrogens is 205 g/mol. The van der Waals surface area contributed by atoms with Gasteiger partial charge in [-0.2, -0.15) is 0 Å². The highest BCUT2D eigenvalue weighted by atomic mass is 19.1. The van der Waals surface area contributed by atoms with Crippen molar-refractivity contribution in [1.82, 2.24) is 0 Å². The average molecular weight is 225 g/mol. The number of unbranched alkanes of at least 4 members (excludes halogenated alkanes) is 2. The van der Waals surface area contributed by atoms with Gasteiger partial charge in [0.15, 0.2) is 0 Å². The molecule has 3 heteroatoms. The summed E-state index contributed by atoms with van der Waals surface area (Å²) in [5.74, 6) is -0.136. The quantitative estimate of drug-likeness (QED) is 0.699. The van der Waals surface area contributed by atoms with E-state index < -0.39 is 0 Å². The molecule has 2 N–H and O–H groups in total. The smallest absolute Gasteiger partial charge is 0.128 e. The molecule has 1 rings (SSSR count). The standard InChI is InChI=1S/C13H20FNO/c1-2-11-6-7-12(10-13(11)14)15-8-4-3-5-9-16/h6-7,10,15-16H,2-5,8-9H2,1H3. The maximum Gasteiger partial charge on any atom is 0.128 e. The topological polar surface area (TPSA) is 32.3 Å². The minimum absolute atomic E-state index is 0.136. The molecule has 0 aliphatic rings. The first kappa shape index (κ1) is 13.0. The van der Waals surface area contributed by atoms with Crippen LogP contribution in [0.2, 0.25) is 0 Å². The van der Waals surface area contributed by atoms with Crippen molar-refractivity contribution in [2.45, 2.75) is 32.6 Å². The van der Waals surface area contributed by atoms with Crippen LogP contribution >= 0.6 is 0 Å². The molecule has 0 aliphatic carbocycles. The van der Waals surface area contributed by atoms with Crippen LogP contribution in [0.4, 0.5) is 10.1 Å². The number of aliphatic hydroxyl groups excluding tert-OH is 1. The second-order valence-electron chi connectivity index (χ2n) is 3.87. The molecular formula is C13H20FNO. The lowest BCUT2D eigenvalue weighted by atomic mass is 10.1. The Balaban J connectivity index is 2.34. The van der Waals surface area contributed by atoms with Crippen molar-refractivity contribution in [1.29, 1.82) is 0 Å². The third kappa shape index (κ3) is 4.19. The maximum atomic E-state index is 13.4. The molecule has 0 unspecified atom stereocenters. The number of hydrogen-bond donors (Lipinski definition) is 2. The second-order valence-corrected chi connectivity index (χ2v) is 3.87. The van der Waals surface area contributed by atoms with Gasteiger partial charge in [-0.3, -0.25) is 0 Å². The summed E-state index contributed by atoms with van der Waals surface area (Å²) in [6, 6.07) is 5.28.